The third kappa shape index (κ3) is 8.57. The second kappa shape index (κ2) is 13.2. The van der Waals surface area contributed by atoms with E-state index < -0.39 is 16.1 Å². The van der Waals surface area contributed by atoms with Gasteiger partial charge in [-0.15, -0.1) is 0 Å². The SMILES string of the molecule is COc1ccc(N(CCCC(=O)N(Cc2ccc(Cl)cc2)C(C)C(=O)NC(C)C)S(C)(=O)=O)cc1Cl. The topological polar surface area (TPSA) is 96.0 Å². The smallest absolute Gasteiger partial charge is 0.242 e. The van der Waals surface area contributed by atoms with Crippen molar-refractivity contribution < 1.29 is 22.7 Å². The number of methoxy groups -OCH3 is 1. The van der Waals surface area contributed by atoms with Gasteiger partial charge in [0.05, 0.1) is 24.1 Å². The number of carbonyl (C=O) groups is 2. The van der Waals surface area contributed by atoms with Crippen LogP contribution < -0.4 is 14.4 Å². The number of carbonyl (C=O) groups excluding carboxylic acids is 2. The van der Waals surface area contributed by atoms with Crippen LogP contribution in [0.5, 0.6) is 5.75 Å². The van der Waals surface area contributed by atoms with E-state index in [0.29, 0.717) is 16.5 Å². The minimum absolute atomic E-state index is 0.0444. The molecule has 0 heterocycles. The molecule has 0 radical (unpaired) electrons. The average molecular weight is 559 g/mol. The van der Waals surface area contributed by atoms with Crippen molar-refractivity contribution in [1.82, 2.24) is 10.2 Å². The fourth-order valence-electron chi connectivity index (χ4n) is 3.59. The highest BCUT2D eigenvalue weighted by Gasteiger charge is 2.27. The Kier molecular flexibility index (Phi) is 10.9. The quantitative estimate of drug-likeness (QED) is 0.414. The molecule has 0 aliphatic carbocycles. The maximum Gasteiger partial charge on any atom is 0.242 e. The fraction of sp³-hybridized carbons (Fsp3) is 0.440. The van der Waals surface area contributed by atoms with Gasteiger partial charge in [-0.1, -0.05) is 35.3 Å². The van der Waals surface area contributed by atoms with Gasteiger partial charge in [-0.05, 0) is 63.1 Å². The van der Waals surface area contributed by atoms with E-state index >= 15 is 0 Å². The maximum absolute atomic E-state index is 13.3. The number of benzene rings is 2. The molecule has 0 saturated heterocycles. The lowest BCUT2D eigenvalue weighted by Crippen LogP contribution is -2.49. The van der Waals surface area contributed by atoms with Gasteiger partial charge in [0.15, 0.2) is 0 Å². The van der Waals surface area contributed by atoms with Crippen molar-refractivity contribution >= 4 is 50.7 Å². The molecule has 11 heteroatoms. The number of anilines is 1. The third-order valence-corrected chi connectivity index (χ3v) is 7.18. The number of sulfonamides is 1. The number of nitrogens with one attached hydrogen (secondary N) is 1. The zero-order valence-corrected chi connectivity index (χ0v) is 23.5. The first-order valence-electron chi connectivity index (χ1n) is 11.5. The highest BCUT2D eigenvalue weighted by molar-refractivity contribution is 7.92. The van der Waals surface area contributed by atoms with E-state index in [0.717, 1.165) is 11.8 Å². The molecule has 0 bridgehead atoms. The highest BCUT2D eigenvalue weighted by atomic mass is 35.5. The molecule has 198 valence electrons. The first kappa shape index (κ1) is 29.7. The molecule has 2 rings (SSSR count). The normalized spacial score (nSPS) is 12.2. The summed E-state index contributed by atoms with van der Waals surface area (Å²) < 4.78 is 31.3. The molecule has 1 N–H and O–H groups in total. The van der Waals surface area contributed by atoms with Crippen LogP contribution in [0.25, 0.3) is 0 Å². The van der Waals surface area contributed by atoms with Crippen LogP contribution in [0.4, 0.5) is 5.69 Å². The van der Waals surface area contributed by atoms with Gasteiger partial charge in [0.1, 0.15) is 11.8 Å². The molecule has 2 amide bonds. The lowest BCUT2D eigenvalue weighted by molar-refractivity contribution is -0.140. The Morgan fingerprint density at radius 2 is 1.69 bits per heavy atom. The van der Waals surface area contributed by atoms with Crippen molar-refractivity contribution in [2.45, 2.75) is 52.2 Å². The average Bonchev–Trinajstić information content (AvgIpc) is 2.79. The van der Waals surface area contributed by atoms with Crippen LogP contribution in [0.15, 0.2) is 42.5 Å². The van der Waals surface area contributed by atoms with E-state index in [-0.39, 0.29) is 48.8 Å². The van der Waals surface area contributed by atoms with Crippen molar-refractivity contribution in [3.63, 3.8) is 0 Å². The van der Waals surface area contributed by atoms with Crippen LogP contribution in [-0.4, -0.2) is 57.1 Å². The molecule has 0 spiro atoms. The van der Waals surface area contributed by atoms with Gasteiger partial charge in [-0.3, -0.25) is 13.9 Å². The van der Waals surface area contributed by atoms with Crippen molar-refractivity contribution in [1.29, 1.82) is 0 Å². The first-order valence-corrected chi connectivity index (χ1v) is 14.1. The van der Waals surface area contributed by atoms with Gasteiger partial charge in [0.2, 0.25) is 21.8 Å². The molecule has 36 heavy (non-hydrogen) atoms. The van der Waals surface area contributed by atoms with Gasteiger partial charge in [-0.2, -0.15) is 0 Å². The highest BCUT2D eigenvalue weighted by Crippen LogP contribution is 2.30. The molecule has 2 aromatic carbocycles. The summed E-state index contributed by atoms with van der Waals surface area (Å²) in [6, 6.07) is 10.9. The first-order chi connectivity index (χ1) is 16.8. The summed E-state index contributed by atoms with van der Waals surface area (Å²) in [7, 11) is -2.16. The predicted molar refractivity (Wildman–Crippen MR) is 144 cm³/mol. The number of amides is 2. The number of nitrogens with zero attached hydrogens (tertiary/aromatic N) is 2. The lowest BCUT2D eigenvalue weighted by atomic mass is 10.1. The number of hydrogen-bond acceptors (Lipinski definition) is 5. The van der Waals surface area contributed by atoms with Gasteiger partial charge >= 0.3 is 0 Å². The molecule has 1 unspecified atom stereocenters. The Balaban J connectivity index is 2.18. The Morgan fingerprint density at radius 1 is 1.06 bits per heavy atom. The van der Waals surface area contributed by atoms with E-state index in [1.165, 1.54) is 22.4 Å². The number of halogens is 2. The summed E-state index contributed by atoms with van der Waals surface area (Å²) in [5, 5.41) is 3.69. The number of ether oxygens (including phenoxy) is 1. The fourth-order valence-corrected chi connectivity index (χ4v) is 4.92. The summed E-state index contributed by atoms with van der Waals surface area (Å²) in [4.78, 5) is 27.5. The molecule has 0 aliphatic heterocycles. The summed E-state index contributed by atoms with van der Waals surface area (Å²) in [6.07, 6.45) is 1.38. The molecule has 1 atom stereocenters. The third-order valence-electron chi connectivity index (χ3n) is 5.44. The number of rotatable bonds is 12. The minimum Gasteiger partial charge on any atom is -0.495 e. The second-order valence-electron chi connectivity index (χ2n) is 8.74. The largest absolute Gasteiger partial charge is 0.495 e. The van der Waals surface area contributed by atoms with E-state index in [1.54, 1.807) is 43.3 Å². The molecular weight excluding hydrogens is 525 g/mol. The van der Waals surface area contributed by atoms with E-state index in [4.69, 9.17) is 27.9 Å². The van der Waals surface area contributed by atoms with Crippen molar-refractivity contribution in [2.24, 2.45) is 0 Å². The lowest BCUT2D eigenvalue weighted by Gasteiger charge is -2.30. The van der Waals surface area contributed by atoms with E-state index in [1.807, 2.05) is 13.8 Å². The zero-order chi connectivity index (χ0) is 27.0. The molecule has 0 aliphatic rings. The van der Waals surface area contributed by atoms with Crippen molar-refractivity contribution in [3.8, 4) is 5.75 Å². The summed E-state index contributed by atoms with van der Waals surface area (Å²) >= 11 is 12.2. The molecule has 8 nitrogen and oxygen atoms in total. The Bertz CT molecular complexity index is 1160. The molecule has 0 fully saturated rings. The van der Waals surface area contributed by atoms with Gasteiger partial charge in [0, 0.05) is 30.6 Å². The zero-order valence-electron chi connectivity index (χ0n) is 21.1. The van der Waals surface area contributed by atoms with Crippen molar-refractivity contribution in [2.75, 3.05) is 24.2 Å². The van der Waals surface area contributed by atoms with Crippen LogP contribution in [0.1, 0.15) is 39.2 Å². The monoisotopic (exact) mass is 557 g/mol. The molecule has 0 aromatic heterocycles. The summed E-state index contributed by atoms with van der Waals surface area (Å²) in [5.74, 6) is -0.105. The Labute approximate surface area is 223 Å². The van der Waals surface area contributed by atoms with Crippen LogP contribution in [0.2, 0.25) is 10.0 Å². The van der Waals surface area contributed by atoms with Crippen LogP contribution in [0, 0.1) is 0 Å². The summed E-state index contributed by atoms with van der Waals surface area (Å²) in [6.45, 7) is 5.65. The predicted octanol–water partition coefficient (Wildman–Crippen LogP) is 4.49. The maximum atomic E-state index is 13.3. The second-order valence-corrected chi connectivity index (χ2v) is 11.5. The molecular formula is C25H33Cl2N3O5S. The minimum atomic E-state index is -3.64. The van der Waals surface area contributed by atoms with E-state index in [2.05, 4.69) is 5.32 Å². The summed E-state index contributed by atoms with van der Waals surface area (Å²) in [5.41, 5.74) is 1.20. The Hall–Kier alpha value is -2.49. The Morgan fingerprint density at radius 3 is 2.22 bits per heavy atom. The van der Waals surface area contributed by atoms with Crippen LogP contribution in [-0.2, 0) is 26.2 Å². The molecule has 0 saturated carbocycles. The number of hydrogen-bond donors (Lipinski definition) is 1. The van der Waals surface area contributed by atoms with Gasteiger partial charge < -0.3 is 15.0 Å². The van der Waals surface area contributed by atoms with Crippen molar-refractivity contribution in [3.05, 3.63) is 58.1 Å². The van der Waals surface area contributed by atoms with Gasteiger partial charge in [0.25, 0.3) is 0 Å². The van der Waals surface area contributed by atoms with Crippen LogP contribution in [0.3, 0.4) is 0 Å². The standard InChI is InChI=1S/C25H33Cl2N3O5S/c1-17(2)28-25(32)18(3)29(16-19-8-10-20(26)11-9-19)24(31)7-6-14-30(36(5,33)34)21-12-13-23(35-4)22(27)15-21/h8-13,15,17-18H,6-7,14,16H2,1-5H3,(H,28,32). The van der Waals surface area contributed by atoms with Gasteiger partial charge in [-0.25, -0.2) is 8.42 Å². The van der Waals surface area contributed by atoms with E-state index in [9.17, 15) is 18.0 Å². The molecule has 2 aromatic rings. The van der Waals surface area contributed by atoms with Crippen LogP contribution >= 0.6 is 23.2 Å².